The summed E-state index contributed by atoms with van der Waals surface area (Å²) in [5, 5.41) is 0. The summed E-state index contributed by atoms with van der Waals surface area (Å²) in [4.78, 5) is 0. The van der Waals surface area contributed by atoms with E-state index < -0.39 is 0 Å². The van der Waals surface area contributed by atoms with Crippen LogP contribution in [0.15, 0.2) is 18.2 Å². The molecule has 94 valence electrons. The SMILES string of the molecule is COC(C1CC1)C(NN)c1cc(C)cc(C)c1. The van der Waals surface area contributed by atoms with Gasteiger partial charge in [-0.2, -0.15) is 0 Å². The van der Waals surface area contributed by atoms with E-state index in [4.69, 9.17) is 10.6 Å². The topological polar surface area (TPSA) is 47.3 Å². The average Bonchev–Trinajstić information content (AvgIpc) is 3.08. The number of ether oxygens (including phenoxy) is 1. The highest BCUT2D eigenvalue weighted by molar-refractivity contribution is 5.31. The molecule has 1 aromatic rings. The Morgan fingerprint density at radius 2 is 1.82 bits per heavy atom. The molecule has 1 aliphatic carbocycles. The molecule has 1 saturated carbocycles. The Morgan fingerprint density at radius 1 is 1.24 bits per heavy atom. The first kappa shape index (κ1) is 12.6. The lowest BCUT2D eigenvalue weighted by Gasteiger charge is -2.26. The lowest BCUT2D eigenvalue weighted by Crippen LogP contribution is -2.38. The number of hydrogen-bond acceptors (Lipinski definition) is 3. The fourth-order valence-corrected chi connectivity index (χ4v) is 2.60. The Hall–Kier alpha value is -0.900. The van der Waals surface area contributed by atoms with Crippen LogP contribution in [0.5, 0.6) is 0 Å². The maximum atomic E-state index is 5.72. The van der Waals surface area contributed by atoms with Crippen LogP contribution in [-0.2, 0) is 4.74 Å². The molecule has 0 bridgehead atoms. The lowest BCUT2D eigenvalue weighted by molar-refractivity contribution is 0.0506. The summed E-state index contributed by atoms with van der Waals surface area (Å²) >= 11 is 0. The monoisotopic (exact) mass is 234 g/mol. The van der Waals surface area contributed by atoms with Crippen molar-refractivity contribution in [1.82, 2.24) is 5.43 Å². The molecule has 3 heteroatoms. The molecule has 0 heterocycles. The van der Waals surface area contributed by atoms with Crippen LogP contribution in [0.3, 0.4) is 0 Å². The Morgan fingerprint density at radius 3 is 2.24 bits per heavy atom. The van der Waals surface area contributed by atoms with Gasteiger partial charge in [0.15, 0.2) is 0 Å². The van der Waals surface area contributed by atoms with Crippen molar-refractivity contribution in [3.05, 3.63) is 34.9 Å². The summed E-state index contributed by atoms with van der Waals surface area (Å²) < 4.78 is 5.62. The largest absolute Gasteiger partial charge is 0.379 e. The van der Waals surface area contributed by atoms with Gasteiger partial charge in [-0.05, 0) is 38.2 Å². The van der Waals surface area contributed by atoms with E-state index in [0.29, 0.717) is 5.92 Å². The molecule has 0 amide bonds. The Kier molecular flexibility index (Phi) is 3.82. The van der Waals surface area contributed by atoms with Crippen LogP contribution in [0.25, 0.3) is 0 Å². The van der Waals surface area contributed by atoms with Gasteiger partial charge in [0.05, 0.1) is 12.1 Å². The third kappa shape index (κ3) is 2.86. The highest BCUT2D eigenvalue weighted by atomic mass is 16.5. The van der Waals surface area contributed by atoms with Gasteiger partial charge in [-0.3, -0.25) is 11.3 Å². The van der Waals surface area contributed by atoms with Crippen LogP contribution >= 0.6 is 0 Å². The molecular weight excluding hydrogens is 212 g/mol. The van der Waals surface area contributed by atoms with E-state index in [1.165, 1.54) is 29.5 Å². The molecule has 0 aliphatic heterocycles. The molecule has 0 aromatic heterocycles. The maximum absolute atomic E-state index is 5.72. The second-order valence-electron chi connectivity index (χ2n) is 5.10. The molecular formula is C14H22N2O. The Bertz CT molecular complexity index is 368. The number of benzene rings is 1. The maximum Gasteiger partial charge on any atom is 0.0806 e. The van der Waals surface area contributed by atoms with Crippen LogP contribution in [0.1, 0.15) is 35.6 Å². The summed E-state index contributed by atoms with van der Waals surface area (Å²) in [5.41, 5.74) is 6.68. The van der Waals surface area contributed by atoms with E-state index >= 15 is 0 Å². The standard InChI is InChI=1S/C14H22N2O/c1-9-6-10(2)8-12(7-9)13(16-15)14(17-3)11-4-5-11/h6-8,11,13-14,16H,4-5,15H2,1-3H3. The molecule has 3 nitrogen and oxygen atoms in total. The fraction of sp³-hybridized carbons (Fsp3) is 0.571. The Labute approximate surface area is 103 Å². The van der Waals surface area contributed by atoms with Crippen molar-refractivity contribution in [2.75, 3.05) is 7.11 Å². The molecule has 1 aliphatic rings. The summed E-state index contributed by atoms with van der Waals surface area (Å²) in [5.74, 6) is 6.37. The zero-order chi connectivity index (χ0) is 12.4. The van der Waals surface area contributed by atoms with E-state index in [-0.39, 0.29) is 12.1 Å². The van der Waals surface area contributed by atoms with Crippen molar-refractivity contribution in [2.45, 2.75) is 38.8 Å². The average molecular weight is 234 g/mol. The zero-order valence-electron chi connectivity index (χ0n) is 10.9. The number of nitrogens with one attached hydrogen (secondary N) is 1. The first-order valence-electron chi connectivity index (χ1n) is 6.23. The van der Waals surface area contributed by atoms with Gasteiger partial charge in [0, 0.05) is 7.11 Å². The number of rotatable bonds is 5. The molecule has 17 heavy (non-hydrogen) atoms. The van der Waals surface area contributed by atoms with E-state index in [1.807, 2.05) is 0 Å². The molecule has 2 atom stereocenters. The van der Waals surface area contributed by atoms with Gasteiger partial charge in [0.2, 0.25) is 0 Å². The molecule has 0 spiro atoms. The minimum atomic E-state index is 0.0890. The van der Waals surface area contributed by atoms with Crippen LogP contribution in [0, 0.1) is 19.8 Å². The summed E-state index contributed by atoms with van der Waals surface area (Å²) in [7, 11) is 1.77. The van der Waals surface area contributed by atoms with Crippen LogP contribution in [0.2, 0.25) is 0 Å². The molecule has 2 unspecified atom stereocenters. The van der Waals surface area contributed by atoms with Crippen molar-refractivity contribution >= 4 is 0 Å². The summed E-state index contributed by atoms with van der Waals surface area (Å²) in [6.45, 7) is 4.23. The molecule has 0 saturated heterocycles. The van der Waals surface area contributed by atoms with Crippen molar-refractivity contribution in [3.8, 4) is 0 Å². The number of aryl methyl sites for hydroxylation is 2. The smallest absolute Gasteiger partial charge is 0.0806 e. The first-order valence-corrected chi connectivity index (χ1v) is 6.23. The second-order valence-corrected chi connectivity index (χ2v) is 5.10. The number of hydrogen-bond donors (Lipinski definition) is 2. The lowest BCUT2D eigenvalue weighted by atomic mass is 9.95. The normalized spacial score (nSPS) is 19.1. The molecule has 0 radical (unpaired) electrons. The van der Waals surface area contributed by atoms with Gasteiger partial charge in [-0.1, -0.05) is 29.3 Å². The Balaban J connectivity index is 2.26. The number of hydrazine groups is 1. The van der Waals surface area contributed by atoms with Crippen LogP contribution in [-0.4, -0.2) is 13.2 Å². The zero-order valence-corrected chi connectivity index (χ0v) is 10.9. The van der Waals surface area contributed by atoms with Gasteiger partial charge in [0.1, 0.15) is 0 Å². The van der Waals surface area contributed by atoms with E-state index in [2.05, 4.69) is 37.5 Å². The van der Waals surface area contributed by atoms with Crippen molar-refractivity contribution in [1.29, 1.82) is 0 Å². The molecule has 2 rings (SSSR count). The van der Waals surface area contributed by atoms with Gasteiger partial charge < -0.3 is 4.74 Å². The third-order valence-electron chi connectivity index (χ3n) is 3.47. The minimum Gasteiger partial charge on any atom is -0.379 e. The summed E-state index contributed by atoms with van der Waals surface area (Å²) in [6, 6.07) is 6.64. The van der Waals surface area contributed by atoms with Gasteiger partial charge in [0.25, 0.3) is 0 Å². The highest BCUT2D eigenvalue weighted by Crippen LogP contribution is 2.39. The molecule has 1 fully saturated rings. The van der Waals surface area contributed by atoms with E-state index in [1.54, 1.807) is 7.11 Å². The molecule has 3 N–H and O–H groups in total. The number of nitrogens with two attached hydrogens (primary N) is 1. The summed E-state index contributed by atoms with van der Waals surface area (Å²) in [6.07, 6.45) is 2.68. The number of methoxy groups -OCH3 is 1. The molecule has 1 aromatic carbocycles. The van der Waals surface area contributed by atoms with Crippen molar-refractivity contribution in [3.63, 3.8) is 0 Å². The van der Waals surface area contributed by atoms with Crippen molar-refractivity contribution < 1.29 is 4.74 Å². The van der Waals surface area contributed by atoms with Gasteiger partial charge in [-0.25, -0.2) is 0 Å². The fourth-order valence-electron chi connectivity index (χ4n) is 2.60. The predicted octanol–water partition coefficient (Wildman–Crippen LogP) is 2.23. The predicted molar refractivity (Wildman–Crippen MR) is 69.5 cm³/mol. The third-order valence-corrected chi connectivity index (χ3v) is 3.47. The highest BCUT2D eigenvalue weighted by Gasteiger charge is 2.37. The van der Waals surface area contributed by atoms with Crippen LogP contribution < -0.4 is 11.3 Å². The van der Waals surface area contributed by atoms with Gasteiger partial charge >= 0.3 is 0 Å². The van der Waals surface area contributed by atoms with E-state index in [9.17, 15) is 0 Å². The van der Waals surface area contributed by atoms with Crippen molar-refractivity contribution in [2.24, 2.45) is 11.8 Å². The van der Waals surface area contributed by atoms with E-state index in [0.717, 1.165) is 0 Å². The first-order chi connectivity index (χ1) is 8.15. The second kappa shape index (κ2) is 5.17. The van der Waals surface area contributed by atoms with Gasteiger partial charge in [-0.15, -0.1) is 0 Å². The van der Waals surface area contributed by atoms with Crippen LogP contribution in [0.4, 0.5) is 0 Å². The quantitative estimate of drug-likeness (QED) is 0.606. The minimum absolute atomic E-state index is 0.0890.